The van der Waals surface area contributed by atoms with Crippen LogP contribution in [-0.2, 0) is 0 Å². The van der Waals surface area contributed by atoms with E-state index >= 15 is 0 Å². The molecule has 0 aliphatic heterocycles. The van der Waals surface area contributed by atoms with Gasteiger partial charge in [-0.1, -0.05) is 12.1 Å². The lowest BCUT2D eigenvalue weighted by atomic mass is 10.0. The Labute approximate surface area is 94.5 Å². The maximum absolute atomic E-state index is 11.1. The van der Waals surface area contributed by atoms with Gasteiger partial charge in [-0.2, -0.15) is 0 Å². The molecule has 1 aromatic rings. The van der Waals surface area contributed by atoms with E-state index in [2.05, 4.69) is 0 Å². The maximum atomic E-state index is 11.1. The fraction of sp³-hybridized carbons (Fsp3) is 0.333. The number of carbonyl (C=O) groups excluding carboxylic acids is 2. The number of para-hydroxylation sites is 1. The molecule has 4 heteroatoms. The van der Waals surface area contributed by atoms with Crippen LogP contribution in [0.1, 0.15) is 31.1 Å². The number of aldehydes is 1. The molecule has 0 radical (unpaired) electrons. The summed E-state index contributed by atoms with van der Waals surface area (Å²) in [5, 5.41) is 11.1. The van der Waals surface area contributed by atoms with E-state index in [1.807, 2.05) is 0 Å². The third-order valence-corrected chi connectivity index (χ3v) is 2.16. The van der Waals surface area contributed by atoms with Crippen molar-refractivity contribution in [3.63, 3.8) is 0 Å². The van der Waals surface area contributed by atoms with E-state index in [0.717, 1.165) is 4.90 Å². The lowest BCUT2D eigenvalue weighted by molar-refractivity contribution is -0.247. The standard InChI is InChI=1S/C12H15NO3/c1-12(2,3)13(11(15)16)10-7-5-4-6-9(10)8-14/h4-8H,1-3H3,(H,15,16)/p-1. The zero-order valence-corrected chi connectivity index (χ0v) is 9.56. The Kier molecular flexibility index (Phi) is 3.32. The van der Waals surface area contributed by atoms with Gasteiger partial charge < -0.3 is 14.8 Å². The molecule has 0 aliphatic carbocycles. The van der Waals surface area contributed by atoms with E-state index in [-0.39, 0.29) is 0 Å². The summed E-state index contributed by atoms with van der Waals surface area (Å²) in [6.07, 6.45) is -0.682. The number of hydrogen-bond acceptors (Lipinski definition) is 3. The van der Waals surface area contributed by atoms with Crippen LogP contribution in [-0.4, -0.2) is 17.9 Å². The molecule has 0 fully saturated rings. The number of amides is 1. The third kappa shape index (κ3) is 2.39. The second-order valence-corrected chi connectivity index (χ2v) is 4.45. The number of rotatable bonds is 2. The van der Waals surface area contributed by atoms with Crippen molar-refractivity contribution in [2.24, 2.45) is 0 Å². The average Bonchev–Trinajstić information content (AvgIpc) is 2.15. The highest BCUT2D eigenvalue weighted by Gasteiger charge is 2.24. The SMILES string of the molecule is CC(C)(C)N(C(=O)[O-])c1ccccc1C=O. The van der Waals surface area contributed by atoms with Crippen LogP contribution in [0.3, 0.4) is 0 Å². The topological polar surface area (TPSA) is 60.4 Å². The molecule has 0 aliphatic rings. The Morgan fingerprint density at radius 1 is 1.31 bits per heavy atom. The first-order chi connectivity index (χ1) is 7.38. The number of hydrogen-bond donors (Lipinski definition) is 0. The zero-order chi connectivity index (χ0) is 12.3. The fourth-order valence-electron chi connectivity index (χ4n) is 1.52. The average molecular weight is 220 g/mol. The highest BCUT2D eigenvalue weighted by Crippen LogP contribution is 2.26. The van der Waals surface area contributed by atoms with Gasteiger partial charge in [-0.05, 0) is 32.9 Å². The first kappa shape index (κ1) is 12.2. The first-order valence-electron chi connectivity index (χ1n) is 4.93. The molecule has 0 saturated heterocycles. The molecule has 86 valence electrons. The maximum Gasteiger partial charge on any atom is 0.152 e. The summed E-state index contributed by atoms with van der Waals surface area (Å²) in [4.78, 5) is 23.0. The summed E-state index contributed by atoms with van der Waals surface area (Å²) in [6.45, 7) is 5.22. The second kappa shape index (κ2) is 4.35. The predicted molar refractivity (Wildman–Crippen MR) is 59.5 cm³/mol. The summed E-state index contributed by atoms with van der Waals surface area (Å²) < 4.78 is 0. The largest absolute Gasteiger partial charge is 0.530 e. The number of nitrogens with zero attached hydrogens (tertiary/aromatic N) is 1. The van der Waals surface area contributed by atoms with E-state index in [4.69, 9.17) is 0 Å². The summed E-state index contributed by atoms with van der Waals surface area (Å²) >= 11 is 0. The fourth-order valence-corrected chi connectivity index (χ4v) is 1.52. The number of benzene rings is 1. The molecule has 1 rings (SSSR count). The molecule has 0 aromatic heterocycles. The van der Waals surface area contributed by atoms with Gasteiger partial charge in [0.2, 0.25) is 0 Å². The summed E-state index contributed by atoms with van der Waals surface area (Å²) in [6, 6.07) is 6.53. The Morgan fingerprint density at radius 3 is 2.31 bits per heavy atom. The Balaban J connectivity index is 3.32. The van der Waals surface area contributed by atoms with Gasteiger partial charge in [0.25, 0.3) is 0 Å². The van der Waals surface area contributed by atoms with Crippen LogP contribution >= 0.6 is 0 Å². The summed E-state index contributed by atoms with van der Waals surface area (Å²) in [5.74, 6) is 0. The van der Waals surface area contributed by atoms with Gasteiger partial charge >= 0.3 is 0 Å². The molecule has 0 bridgehead atoms. The number of anilines is 1. The van der Waals surface area contributed by atoms with Gasteiger partial charge in [0.15, 0.2) is 6.29 Å². The minimum atomic E-state index is -1.32. The van der Waals surface area contributed by atoms with Crippen molar-refractivity contribution < 1.29 is 14.7 Å². The van der Waals surface area contributed by atoms with Crippen LogP contribution < -0.4 is 10.0 Å². The summed E-state index contributed by atoms with van der Waals surface area (Å²) in [7, 11) is 0. The second-order valence-electron chi connectivity index (χ2n) is 4.45. The van der Waals surface area contributed by atoms with Crippen molar-refractivity contribution in [1.82, 2.24) is 0 Å². The minimum Gasteiger partial charge on any atom is -0.530 e. The van der Waals surface area contributed by atoms with E-state index in [0.29, 0.717) is 17.5 Å². The molecule has 1 aromatic carbocycles. The van der Waals surface area contributed by atoms with Crippen LogP contribution in [0.4, 0.5) is 10.5 Å². The van der Waals surface area contributed by atoms with Crippen LogP contribution in [0, 0.1) is 0 Å². The summed E-state index contributed by atoms with van der Waals surface area (Å²) in [5.41, 5.74) is 0.0319. The number of carboxylic acid groups (broad SMARTS) is 1. The minimum absolute atomic E-state index is 0.335. The van der Waals surface area contributed by atoms with Crippen molar-refractivity contribution >= 4 is 18.1 Å². The molecule has 4 nitrogen and oxygen atoms in total. The van der Waals surface area contributed by atoms with Crippen molar-refractivity contribution in [2.45, 2.75) is 26.3 Å². The van der Waals surface area contributed by atoms with Crippen LogP contribution in [0.2, 0.25) is 0 Å². The molecule has 0 atom stereocenters. The van der Waals surface area contributed by atoms with Gasteiger partial charge in [-0.15, -0.1) is 0 Å². The zero-order valence-electron chi connectivity index (χ0n) is 9.56. The highest BCUT2D eigenvalue weighted by atomic mass is 16.4. The molecular formula is C12H14NO3-. The van der Waals surface area contributed by atoms with Gasteiger partial charge in [0.05, 0.1) is 5.69 Å². The molecule has 0 unspecified atom stereocenters. The van der Waals surface area contributed by atoms with Crippen LogP contribution in [0.15, 0.2) is 24.3 Å². The van der Waals surface area contributed by atoms with Crippen molar-refractivity contribution in [3.8, 4) is 0 Å². The molecule has 0 N–H and O–H groups in total. The lowest BCUT2D eigenvalue weighted by Gasteiger charge is -2.38. The van der Waals surface area contributed by atoms with Gasteiger partial charge in [-0.3, -0.25) is 4.79 Å². The van der Waals surface area contributed by atoms with Gasteiger partial charge in [-0.25, -0.2) is 0 Å². The monoisotopic (exact) mass is 220 g/mol. The van der Waals surface area contributed by atoms with Gasteiger partial charge in [0.1, 0.15) is 6.09 Å². The number of carbonyl (C=O) groups is 2. The predicted octanol–water partition coefficient (Wildman–Crippen LogP) is 1.45. The van der Waals surface area contributed by atoms with E-state index in [1.54, 1.807) is 45.0 Å². The Hall–Kier alpha value is -1.84. The molecule has 0 saturated carbocycles. The van der Waals surface area contributed by atoms with Crippen LogP contribution in [0.25, 0.3) is 0 Å². The van der Waals surface area contributed by atoms with Crippen molar-refractivity contribution in [1.29, 1.82) is 0 Å². The molecule has 0 spiro atoms. The molecule has 1 amide bonds. The first-order valence-corrected chi connectivity index (χ1v) is 4.93. The molecule has 0 heterocycles. The van der Waals surface area contributed by atoms with E-state index in [1.165, 1.54) is 0 Å². The van der Waals surface area contributed by atoms with E-state index in [9.17, 15) is 14.7 Å². The van der Waals surface area contributed by atoms with Crippen LogP contribution in [0.5, 0.6) is 0 Å². The highest BCUT2D eigenvalue weighted by molar-refractivity contribution is 5.94. The quantitative estimate of drug-likeness (QED) is 0.709. The van der Waals surface area contributed by atoms with Gasteiger partial charge in [0, 0.05) is 11.1 Å². The third-order valence-electron chi connectivity index (χ3n) is 2.16. The normalized spacial score (nSPS) is 10.9. The molecule has 16 heavy (non-hydrogen) atoms. The lowest BCUT2D eigenvalue weighted by Crippen LogP contribution is -2.52. The smallest absolute Gasteiger partial charge is 0.152 e. The Bertz CT molecular complexity index is 407. The van der Waals surface area contributed by atoms with E-state index < -0.39 is 11.6 Å². The van der Waals surface area contributed by atoms with Crippen molar-refractivity contribution in [3.05, 3.63) is 29.8 Å². The Morgan fingerprint density at radius 2 is 1.88 bits per heavy atom. The van der Waals surface area contributed by atoms with Crippen molar-refractivity contribution in [2.75, 3.05) is 4.90 Å². The molecular weight excluding hydrogens is 206 g/mol.